The van der Waals surface area contributed by atoms with Crippen LogP contribution in [0.2, 0.25) is 0 Å². The first kappa shape index (κ1) is 13.9. The van der Waals surface area contributed by atoms with E-state index in [0.717, 1.165) is 43.0 Å². The molecule has 0 saturated heterocycles. The first-order valence-electron chi connectivity index (χ1n) is 7.33. The zero-order valence-corrected chi connectivity index (χ0v) is 11.9. The predicted octanol–water partition coefficient (Wildman–Crippen LogP) is 1.66. The lowest BCUT2D eigenvalue weighted by atomic mass is 10.1. The Labute approximate surface area is 123 Å². The maximum atomic E-state index is 9.55. The van der Waals surface area contributed by atoms with Crippen LogP contribution in [0.15, 0.2) is 18.2 Å². The number of hydrogen-bond acceptors (Lipinski definition) is 5. The number of nitrogens with zero attached hydrogens (tertiary/aromatic N) is 3. The third-order valence-electron chi connectivity index (χ3n) is 3.97. The molecular weight excluding hydrogens is 268 g/mol. The van der Waals surface area contributed by atoms with E-state index in [0.29, 0.717) is 6.42 Å². The van der Waals surface area contributed by atoms with Crippen molar-refractivity contribution in [2.45, 2.75) is 44.7 Å². The first-order chi connectivity index (χ1) is 10.1. The van der Waals surface area contributed by atoms with Gasteiger partial charge in [0.15, 0.2) is 11.5 Å². The number of aromatic hydroxyl groups is 2. The van der Waals surface area contributed by atoms with Crippen LogP contribution in [0.5, 0.6) is 11.5 Å². The van der Waals surface area contributed by atoms with Gasteiger partial charge in [0, 0.05) is 13.0 Å². The van der Waals surface area contributed by atoms with Crippen molar-refractivity contribution in [2.75, 3.05) is 0 Å². The lowest BCUT2D eigenvalue weighted by molar-refractivity contribution is 0.403. The van der Waals surface area contributed by atoms with Crippen molar-refractivity contribution in [3.05, 3.63) is 35.4 Å². The van der Waals surface area contributed by atoms with E-state index < -0.39 is 0 Å². The third kappa shape index (κ3) is 2.85. The Morgan fingerprint density at radius 3 is 2.81 bits per heavy atom. The summed E-state index contributed by atoms with van der Waals surface area (Å²) < 4.78 is 2.14. The molecule has 2 heterocycles. The molecule has 0 radical (unpaired) electrons. The lowest BCUT2D eigenvalue weighted by Gasteiger charge is -2.14. The fourth-order valence-electron chi connectivity index (χ4n) is 2.82. The van der Waals surface area contributed by atoms with Crippen LogP contribution in [0.3, 0.4) is 0 Å². The molecule has 6 heteroatoms. The van der Waals surface area contributed by atoms with E-state index in [1.54, 1.807) is 6.07 Å². The summed E-state index contributed by atoms with van der Waals surface area (Å²) in [7, 11) is 0. The molecule has 0 spiro atoms. The smallest absolute Gasteiger partial charge is 0.157 e. The SMILES string of the molecule is NC(Cc1ccc(O)c(O)c1)c1nnc2n1CCCCC2. The monoisotopic (exact) mass is 288 g/mol. The van der Waals surface area contributed by atoms with E-state index in [1.807, 2.05) is 0 Å². The molecule has 4 N–H and O–H groups in total. The average Bonchev–Trinajstić information content (AvgIpc) is 2.72. The molecule has 0 fully saturated rings. The van der Waals surface area contributed by atoms with Gasteiger partial charge in [-0.2, -0.15) is 0 Å². The van der Waals surface area contributed by atoms with Gasteiger partial charge >= 0.3 is 0 Å². The zero-order valence-electron chi connectivity index (χ0n) is 11.9. The minimum absolute atomic E-state index is 0.122. The highest BCUT2D eigenvalue weighted by molar-refractivity contribution is 5.40. The Hall–Kier alpha value is -2.08. The van der Waals surface area contributed by atoms with Crippen LogP contribution in [0.25, 0.3) is 0 Å². The van der Waals surface area contributed by atoms with Crippen molar-refractivity contribution in [3.63, 3.8) is 0 Å². The highest BCUT2D eigenvalue weighted by Gasteiger charge is 2.20. The van der Waals surface area contributed by atoms with Gasteiger partial charge in [0.05, 0.1) is 6.04 Å². The van der Waals surface area contributed by atoms with E-state index in [-0.39, 0.29) is 17.5 Å². The number of aryl methyl sites for hydroxylation is 1. The summed E-state index contributed by atoms with van der Waals surface area (Å²) in [5.41, 5.74) is 7.13. The van der Waals surface area contributed by atoms with Crippen LogP contribution in [0, 0.1) is 0 Å². The van der Waals surface area contributed by atoms with E-state index in [2.05, 4.69) is 14.8 Å². The Balaban J connectivity index is 1.80. The number of rotatable bonds is 3. The van der Waals surface area contributed by atoms with Crippen LogP contribution < -0.4 is 5.73 Å². The van der Waals surface area contributed by atoms with Gasteiger partial charge in [-0.25, -0.2) is 0 Å². The molecule has 6 nitrogen and oxygen atoms in total. The molecule has 1 atom stereocenters. The van der Waals surface area contributed by atoms with Crippen LogP contribution in [-0.4, -0.2) is 25.0 Å². The van der Waals surface area contributed by atoms with E-state index in [9.17, 15) is 10.2 Å². The molecule has 0 saturated carbocycles. The van der Waals surface area contributed by atoms with Crippen molar-refractivity contribution in [1.29, 1.82) is 0 Å². The normalized spacial score (nSPS) is 16.2. The summed E-state index contributed by atoms with van der Waals surface area (Å²) in [4.78, 5) is 0. The van der Waals surface area contributed by atoms with Crippen LogP contribution in [0.1, 0.15) is 42.5 Å². The molecule has 0 bridgehead atoms. The second-order valence-corrected chi connectivity index (χ2v) is 5.57. The molecule has 1 unspecified atom stereocenters. The van der Waals surface area contributed by atoms with Crippen molar-refractivity contribution >= 4 is 0 Å². The Bertz CT molecular complexity index is 639. The average molecular weight is 288 g/mol. The molecule has 2 aromatic rings. The van der Waals surface area contributed by atoms with Gasteiger partial charge < -0.3 is 20.5 Å². The summed E-state index contributed by atoms with van der Waals surface area (Å²) >= 11 is 0. The summed E-state index contributed by atoms with van der Waals surface area (Å²) in [6, 6.07) is 4.50. The lowest BCUT2D eigenvalue weighted by Crippen LogP contribution is -2.19. The van der Waals surface area contributed by atoms with Gasteiger partial charge in [0.2, 0.25) is 0 Å². The van der Waals surface area contributed by atoms with E-state index in [4.69, 9.17) is 5.73 Å². The third-order valence-corrected chi connectivity index (χ3v) is 3.97. The van der Waals surface area contributed by atoms with Gasteiger partial charge in [0.1, 0.15) is 11.6 Å². The second kappa shape index (κ2) is 5.73. The Kier molecular flexibility index (Phi) is 3.79. The maximum absolute atomic E-state index is 9.55. The predicted molar refractivity (Wildman–Crippen MR) is 78.0 cm³/mol. The molecule has 3 rings (SSSR count). The molecule has 1 aromatic carbocycles. The van der Waals surface area contributed by atoms with Gasteiger partial charge in [0.25, 0.3) is 0 Å². The minimum Gasteiger partial charge on any atom is -0.504 e. The topological polar surface area (TPSA) is 97.2 Å². The van der Waals surface area contributed by atoms with Gasteiger partial charge in [-0.15, -0.1) is 10.2 Å². The largest absolute Gasteiger partial charge is 0.504 e. The molecule has 1 aliphatic rings. The molecular formula is C15H20N4O2. The number of hydrogen-bond donors (Lipinski definition) is 3. The van der Waals surface area contributed by atoms with Crippen LogP contribution in [0.4, 0.5) is 0 Å². The number of phenolic OH excluding ortho intramolecular Hbond substituents is 2. The molecule has 0 amide bonds. The minimum atomic E-state index is -0.270. The van der Waals surface area contributed by atoms with Crippen molar-refractivity contribution in [2.24, 2.45) is 5.73 Å². The Morgan fingerprint density at radius 1 is 1.14 bits per heavy atom. The molecule has 1 aliphatic heterocycles. The summed E-state index contributed by atoms with van der Waals surface area (Å²) in [5, 5.41) is 27.4. The van der Waals surface area contributed by atoms with Crippen LogP contribution >= 0.6 is 0 Å². The number of aromatic nitrogens is 3. The summed E-state index contributed by atoms with van der Waals surface area (Å²) in [6.45, 7) is 0.923. The fraction of sp³-hybridized carbons (Fsp3) is 0.467. The van der Waals surface area contributed by atoms with Crippen molar-refractivity contribution < 1.29 is 10.2 Å². The van der Waals surface area contributed by atoms with Crippen molar-refractivity contribution in [1.82, 2.24) is 14.8 Å². The van der Waals surface area contributed by atoms with Gasteiger partial charge in [-0.1, -0.05) is 12.5 Å². The number of nitrogens with two attached hydrogens (primary N) is 1. The van der Waals surface area contributed by atoms with Gasteiger partial charge in [-0.3, -0.25) is 0 Å². The number of phenols is 2. The number of fused-ring (bicyclic) bond motifs is 1. The first-order valence-corrected chi connectivity index (χ1v) is 7.33. The summed E-state index contributed by atoms with van der Waals surface area (Å²) in [6.07, 6.45) is 5.00. The summed E-state index contributed by atoms with van der Waals surface area (Å²) in [5.74, 6) is 1.58. The Morgan fingerprint density at radius 2 is 2.00 bits per heavy atom. The quantitative estimate of drug-likeness (QED) is 0.746. The second-order valence-electron chi connectivity index (χ2n) is 5.57. The van der Waals surface area contributed by atoms with Crippen molar-refractivity contribution in [3.8, 4) is 11.5 Å². The van der Waals surface area contributed by atoms with E-state index in [1.165, 1.54) is 18.6 Å². The van der Waals surface area contributed by atoms with Crippen LogP contribution in [-0.2, 0) is 19.4 Å². The van der Waals surface area contributed by atoms with E-state index >= 15 is 0 Å². The standard InChI is InChI=1S/C15H20N4O2/c16-11(8-10-5-6-12(20)13(21)9-10)15-18-17-14-4-2-1-3-7-19(14)15/h5-6,9,11,20-21H,1-4,7-8,16H2. The zero-order chi connectivity index (χ0) is 14.8. The highest BCUT2D eigenvalue weighted by Crippen LogP contribution is 2.27. The number of benzene rings is 1. The highest BCUT2D eigenvalue weighted by atomic mass is 16.3. The fourth-order valence-corrected chi connectivity index (χ4v) is 2.82. The molecule has 1 aromatic heterocycles. The molecule has 0 aliphatic carbocycles. The maximum Gasteiger partial charge on any atom is 0.157 e. The molecule has 21 heavy (non-hydrogen) atoms. The molecule has 112 valence electrons. The van der Waals surface area contributed by atoms with Gasteiger partial charge in [-0.05, 0) is 37.0 Å².